The van der Waals surface area contributed by atoms with Gasteiger partial charge in [-0.3, -0.25) is 0 Å². The van der Waals surface area contributed by atoms with Crippen LogP contribution >= 0.6 is 11.3 Å². The van der Waals surface area contributed by atoms with E-state index in [2.05, 4.69) is 17.2 Å². The van der Waals surface area contributed by atoms with Gasteiger partial charge >= 0.3 is 0 Å². The summed E-state index contributed by atoms with van der Waals surface area (Å²) in [7, 11) is 0. The Morgan fingerprint density at radius 1 is 1.50 bits per heavy atom. The molecule has 20 heavy (non-hydrogen) atoms. The van der Waals surface area contributed by atoms with E-state index in [4.69, 9.17) is 4.74 Å². The summed E-state index contributed by atoms with van der Waals surface area (Å²) >= 11 is 1.60. The van der Waals surface area contributed by atoms with Crippen LogP contribution in [-0.4, -0.2) is 11.5 Å². The van der Waals surface area contributed by atoms with E-state index in [1.54, 1.807) is 17.4 Å². The first kappa shape index (κ1) is 13.5. The van der Waals surface area contributed by atoms with Crippen LogP contribution in [0.2, 0.25) is 0 Å². The van der Waals surface area contributed by atoms with E-state index >= 15 is 0 Å². The number of nitrogens with one attached hydrogen (secondary N) is 1. The monoisotopic (exact) mass is 292 g/mol. The average Bonchev–Trinajstić information content (AvgIpc) is 2.85. The van der Waals surface area contributed by atoms with Gasteiger partial charge in [-0.05, 0) is 19.5 Å². The van der Waals surface area contributed by atoms with Crippen molar-refractivity contribution >= 4 is 11.3 Å². The molecule has 106 valence electrons. The molecule has 0 bridgehead atoms. The summed E-state index contributed by atoms with van der Waals surface area (Å²) in [6.45, 7) is 4.91. The van der Waals surface area contributed by atoms with E-state index < -0.39 is 0 Å². The van der Waals surface area contributed by atoms with Gasteiger partial charge in [0.25, 0.3) is 0 Å². The van der Waals surface area contributed by atoms with Crippen molar-refractivity contribution < 1.29 is 9.13 Å². The van der Waals surface area contributed by atoms with E-state index in [1.807, 2.05) is 12.3 Å². The Morgan fingerprint density at radius 2 is 2.35 bits per heavy atom. The van der Waals surface area contributed by atoms with Gasteiger partial charge in [0.05, 0.1) is 0 Å². The van der Waals surface area contributed by atoms with Gasteiger partial charge in [-0.25, -0.2) is 9.37 Å². The van der Waals surface area contributed by atoms with E-state index in [1.165, 1.54) is 12.1 Å². The van der Waals surface area contributed by atoms with Crippen molar-refractivity contribution in [1.82, 2.24) is 10.3 Å². The molecule has 2 unspecified atom stereocenters. The molecule has 2 atom stereocenters. The van der Waals surface area contributed by atoms with Gasteiger partial charge in [0.15, 0.2) is 6.10 Å². The molecular weight excluding hydrogens is 275 g/mol. The maximum Gasteiger partial charge on any atom is 0.152 e. The highest BCUT2D eigenvalue weighted by Gasteiger charge is 2.30. The van der Waals surface area contributed by atoms with Gasteiger partial charge in [0.1, 0.15) is 16.6 Å². The smallest absolute Gasteiger partial charge is 0.152 e. The normalized spacial score (nSPS) is 21.4. The molecule has 0 saturated carbocycles. The SMILES string of the molecule is CCNC1CC(c2nc(C)cs2)Oc2cc(F)ccc21. The third kappa shape index (κ3) is 2.55. The lowest BCUT2D eigenvalue weighted by atomic mass is 9.96. The predicted molar refractivity (Wildman–Crippen MR) is 77.7 cm³/mol. The Bertz CT molecular complexity index is 614. The van der Waals surface area contributed by atoms with Crippen LogP contribution in [0.4, 0.5) is 4.39 Å². The molecule has 1 aliphatic heterocycles. The minimum Gasteiger partial charge on any atom is -0.483 e. The second kappa shape index (κ2) is 5.50. The summed E-state index contributed by atoms with van der Waals surface area (Å²) in [6.07, 6.45) is 0.714. The molecule has 1 aliphatic rings. The molecule has 2 aromatic rings. The average molecular weight is 292 g/mol. The molecule has 0 fully saturated rings. The molecule has 0 radical (unpaired) electrons. The van der Waals surface area contributed by atoms with Gasteiger partial charge in [-0.1, -0.05) is 13.0 Å². The molecule has 1 aromatic heterocycles. The van der Waals surface area contributed by atoms with E-state index in [-0.39, 0.29) is 18.0 Å². The standard InChI is InChI=1S/C15H17FN2OS/c1-3-17-12-7-14(15-18-9(2)8-20-15)19-13-6-10(16)4-5-11(12)13/h4-6,8,12,14,17H,3,7H2,1-2H3. The molecule has 3 rings (SSSR count). The van der Waals surface area contributed by atoms with Crippen LogP contribution < -0.4 is 10.1 Å². The van der Waals surface area contributed by atoms with Gasteiger partial charge in [-0.15, -0.1) is 11.3 Å². The third-order valence-corrected chi connectivity index (χ3v) is 4.49. The zero-order chi connectivity index (χ0) is 14.1. The lowest BCUT2D eigenvalue weighted by Crippen LogP contribution is -2.29. The van der Waals surface area contributed by atoms with Gasteiger partial charge < -0.3 is 10.1 Å². The van der Waals surface area contributed by atoms with Crippen LogP contribution in [0.1, 0.15) is 41.8 Å². The number of rotatable bonds is 3. The number of thiazole rings is 1. The predicted octanol–water partition coefficient (Wildman–Crippen LogP) is 3.77. The molecule has 2 heterocycles. The van der Waals surface area contributed by atoms with Crippen molar-refractivity contribution in [3.63, 3.8) is 0 Å². The lowest BCUT2D eigenvalue weighted by molar-refractivity contribution is 0.151. The van der Waals surface area contributed by atoms with Crippen LogP contribution in [0, 0.1) is 12.7 Å². The Balaban J connectivity index is 1.94. The quantitative estimate of drug-likeness (QED) is 0.935. The fourth-order valence-corrected chi connectivity index (χ4v) is 3.39. The molecule has 1 aromatic carbocycles. The van der Waals surface area contributed by atoms with Gasteiger partial charge in [-0.2, -0.15) is 0 Å². The number of ether oxygens (including phenoxy) is 1. The maximum atomic E-state index is 13.4. The highest BCUT2D eigenvalue weighted by Crippen LogP contribution is 2.41. The lowest BCUT2D eigenvalue weighted by Gasteiger charge is -2.31. The first-order chi connectivity index (χ1) is 9.67. The molecule has 1 N–H and O–H groups in total. The van der Waals surface area contributed by atoms with Gasteiger partial charge in [0, 0.05) is 35.2 Å². The Morgan fingerprint density at radius 3 is 3.05 bits per heavy atom. The van der Waals surface area contributed by atoms with Crippen molar-refractivity contribution in [1.29, 1.82) is 0 Å². The Kier molecular flexibility index (Phi) is 3.72. The van der Waals surface area contributed by atoms with E-state index in [0.29, 0.717) is 5.75 Å². The van der Waals surface area contributed by atoms with Crippen LogP contribution in [0.3, 0.4) is 0 Å². The highest BCUT2D eigenvalue weighted by atomic mass is 32.1. The largest absolute Gasteiger partial charge is 0.483 e. The summed E-state index contributed by atoms with van der Waals surface area (Å²) < 4.78 is 19.4. The zero-order valence-corrected chi connectivity index (χ0v) is 12.3. The third-order valence-electron chi connectivity index (χ3n) is 3.43. The molecule has 5 heteroatoms. The van der Waals surface area contributed by atoms with Crippen LogP contribution in [0.15, 0.2) is 23.6 Å². The number of halogens is 1. The Hall–Kier alpha value is -1.46. The number of hydrogen-bond acceptors (Lipinski definition) is 4. The Labute approximate surface area is 121 Å². The molecule has 0 spiro atoms. The second-order valence-corrected chi connectivity index (χ2v) is 5.85. The number of aromatic nitrogens is 1. The van der Waals surface area contributed by atoms with Gasteiger partial charge in [0.2, 0.25) is 0 Å². The first-order valence-electron chi connectivity index (χ1n) is 6.79. The second-order valence-electron chi connectivity index (χ2n) is 4.96. The number of nitrogens with zero attached hydrogens (tertiary/aromatic N) is 1. The molecule has 0 aliphatic carbocycles. The number of aryl methyl sites for hydroxylation is 1. The summed E-state index contributed by atoms with van der Waals surface area (Å²) in [5, 5.41) is 6.42. The molecule has 0 saturated heterocycles. The molecule has 0 amide bonds. The fraction of sp³-hybridized carbons (Fsp3) is 0.400. The van der Waals surface area contributed by atoms with E-state index in [0.717, 1.165) is 29.2 Å². The summed E-state index contributed by atoms with van der Waals surface area (Å²) in [5.41, 5.74) is 2.02. The fourth-order valence-electron chi connectivity index (χ4n) is 2.55. The number of hydrogen-bond donors (Lipinski definition) is 1. The zero-order valence-electron chi connectivity index (χ0n) is 11.5. The van der Waals surface area contributed by atoms with Crippen molar-refractivity contribution in [3.05, 3.63) is 45.7 Å². The topological polar surface area (TPSA) is 34.2 Å². The van der Waals surface area contributed by atoms with E-state index in [9.17, 15) is 4.39 Å². The number of benzene rings is 1. The minimum absolute atomic E-state index is 0.105. The van der Waals surface area contributed by atoms with Crippen molar-refractivity contribution in [2.75, 3.05) is 6.54 Å². The summed E-state index contributed by atoms with van der Waals surface area (Å²) in [4.78, 5) is 4.50. The highest BCUT2D eigenvalue weighted by molar-refractivity contribution is 7.09. The van der Waals surface area contributed by atoms with Crippen LogP contribution in [0.25, 0.3) is 0 Å². The van der Waals surface area contributed by atoms with Crippen molar-refractivity contribution in [2.45, 2.75) is 32.4 Å². The van der Waals surface area contributed by atoms with Crippen LogP contribution in [0.5, 0.6) is 5.75 Å². The first-order valence-corrected chi connectivity index (χ1v) is 7.67. The van der Waals surface area contributed by atoms with Crippen molar-refractivity contribution in [2.24, 2.45) is 0 Å². The van der Waals surface area contributed by atoms with Crippen LogP contribution in [-0.2, 0) is 0 Å². The minimum atomic E-state index is -0.269. The molecular formula is C15H17FN2OS. The summed E-state index contributed by atoms with van der Waals surface area (Å²) in [6, 6.07) is 4.94. The summed E-state index contributed by atoms with van der Waals surface area (Å²) in [5.74, 6) is 0.357. The van der Waals surface area contributed by atoms with Crippen molar-refractivity contribution in [3.8, 4) is 5.75 Å². The number of fused-ring (bicyclic) bond motifs is 1. The maximum absolute atomic E-state index is 13.4. The molecule has 3 nitrogen and oxygen atoms in total.